The van der Waals surface area contributed by atoms with E-state index in [4.69, 9.17) is 14.2 Å². The number of esters is 1. The normalized spacial score (nSPS) is 48.8. The van der Waals surface area contributed by atoms with Crippen LogP contribution in [0.2, 0.25) is 0 Å². The summed E-state index contributed by atoms with van der Waals surface area (Å²) in [5.41, 5.74) is -3.25. The Kier molecular flexibility index (Phi) is 12.4. The van der Waals surface area contributed by atoms with Crippen LogP contribution in [-0.2, 0) is 19.0 Å². The smallest absolute Gasteiger partial charge is 0.311 e. The number of rotatable bonds is 4. The summed E-state index contributed by atoms with van der Waals surface area (Å²) in [7, 11) is 3.74. The minimum absolute atomic E-state index is 0.113. The molecule has 0 aromatic heterocycles. The summed E-state index contributed by atoms with van der Waals surface area (Å²) in [4.78, 5) is 15.1. The van der Waals surface area contributed by atoms with E-state index >= 15 is 0 Å². The van der Waals surface area contributed by atoms with Crippen molar-refractivity contribution < 1.29 is 44.5 Å². The summed E-state index contributed by atoms with van der Waals surface area (Å²) < 4.78 is 18.0. The topological polar surface area (TPSA) is 161 Å². The van der Waals surface area contributed by atoms with Crippen LogP contribution in [0.5, 0.6) is 0 Å². The third kappa shape index (κ3) is 8.14. The molecule has 2 saturated heterocycles. The molecule has 40 heavy (non-hydrogen) atoms. The fourth-order valence-electron chi connectivity index (χ4n) is 6.36. The van der Waals surface area contributed by atoms with E-state index in [1.54, 1.807) is 27.7 Å². The summed E-state index contributed by atoms with van der Waals surface area (Å²) in [6.07, 6.45) is -5.77. The van der Waals surface area contributed by atoms with Crippen molar-refractivity contribution in [2.45, 2.75) is 141 Å². The summed E-state index contributed by atoms with van der Waals surface area (Å²) >= 11 is 0. The first-order valence-corrected chi connectivity index (χ1v) is 14.7. The van der Waals surface area contributed by atoms with Crippen LogP contribution >= 0.6 is 0 Å². The van der Waals surface area contributed by atoms with Gasteiger partial charge in [-0.15, -0.1) is 0 Å². The summed E-state index contributed by atoms with van der Waals surface area (Å²) in [6, 6.07) is -0.783. The number of carbonyl (C=O) groups is 1. The maximum absolute atomic E-state index is 13.2. The number of nitrogens with zero attached hydrogens (tertiary/aromatic N) is 1. The van der Waals surface area contributed by atoms with Crippen LogP contribution in [0.1, 0.15) is 74.7 Å². The Morgan fingerprint density at radius 1 is 1.05 bits per heavy atom. The minimum atomic E-state index is -1.75. The first kappa shape index (κ1) is 35.3. The van der Waals surface area contributed by atoms with E-state index in [9.17, 15) is 30.3 Å². The zero-order chi connectivity index (χ0) is 30.7. The molecule has 11 nitrogen and oxygen atoms in total. The summed E-state index contributed by atoms with van der Waals surface area (Å²) in [5.74, 6) is -2.67. The average molecular weight is 577 g/mol. The number of likely N-dealkylation sites (N-methyl/N-ethyl adjacent to an activating group) is 1. The molecule has 0 spiro atoms. The Labute approximate surface area is 240 Å². The number of hydrogen-bond acceptors (Lipinski definition) is 11. The van der Waals surface area contributed by atoms with Crippen LogP contribution in [0.3, 0.4) is 0 Å². The van der Waals surface area contributed by atoms with Crippen molar-refractivity contribution in [3.05, 3.63) is 0 Å². The van der Waals surface area contributed by atoms with Crippen molar-refractivity contribution in [3.63, 3.8) is 0 Å². The highest BCUT2D eigenvalue weighted by molar-refractivity contribution is 5.73. The van der Waals surface area contributed by atoms with E-state index in [-0.39, 0.29) is 30.9 Å². The highest BCUT2D eigenvalue weighted by atomic mass is 16.7. The number of aliphatic hydroxyl groups excluding tert-OH is 3. The van der Waals surface area contributed by atoms with Gasteiger partial charge in [0.25, 0.3) is 0 Å². The first-order chi connectivity index (χ1) is 18.3. The monoisotopic (exact) mass is 576 g/mol. The second-order valence-electron chi connectivity index (χ2n) is 13.1. The summed E-state index contributed by atoms with van der Waals surface area (Å²) in [5, 5.41) is 59.8. The molecule has 0 saturated carbocycles. The van der Waals surface area contributed by atoms with E-state index < -0.39 is 71.9 Å². The van der Waals surface area contributed by atoms with Gasteiger partial charge in [0.05, 0.1) is 29.8 Å². The molecule has 2 rings (SSSR count). The molecular weight excluding hydrogens is 520 g/mol. The zero-order valence-electron chi connectivity index (χ0n) is 26.1. The molecule has 0 bridgehead atoms. The maximum Gasteiger partial charge on any atom is 0.311 e. The number of carbonyl (C=O) groups excluding carboxylic acids is 1. The quantitative estimate of drug-likeness (QED) is 0.261. The third-order valence-corrected chi connectivity index (χ3v) is 8.97. The Balaban J connectivity index is 2.48. The predicted octanol–water partition coefficient (Wildman–Crippen LogP) is 0.633. The SMILES string of the molecule is CCC1OC(=O)C(C)C(O)C(C)C(O[C@@H]2OC(C)CC(N(C)C)C2O)C(C)(O)CC(C)CNC(C)C(O)C1(C)O. The average Bonchev–Trinajstić information content (AvgIpc) is 2.87. The van der Waals surface area contributed by atoms with E-state index in [1.165, 1.54) is 13.8 Å². The highest BCUT2D eigenvalue weighted by Gasteiger charge is 2.49. The van der Waals surface area contributed by atoms with Crippen molar-refractivity contribution in [2.24, 2.45) is 17.8 Å². The molecule has 2 heterocycles. The lowest BCUT2D eigenvalue weighted by atomic mass is 9.78. The van der Waals surface area contributed by atoms with Gasteiger partial charge in [0, 0.05) is 18.0 Å². The molecule has 0 aromatic carbocycles. The summed E-state index contributed by atoms with van der Waals surface area (Å²) in [6.45, 7) is 14.0. The lowest BCUT2D eigenvalue weighted by molar-refractivity contribution is -0.299. The van der Waals surface area contributed by atoms with E-state index in [0.717, 1.165) is 0 Å². The molecule has 0 aromatic rings. The van der Waals surface area contributed by atoms with E-state index in [2.05, 4.69) is 5.32 Å². The molecule has 2 aliphatic heterocycles. The zero-order valence-corrected chi connectivity index (χ0v) is 26.1. The lowest BCUT2D eigenvalue weighted by Crippen LogP contribution is -2.59. The fraction of sp³-hybridized carbons (Fsp3) is 0.966. The maximum atomic E-state index is 13.2. The Morgan fingerprint density at radius 2 is 1.65 bits per heavy atom. The van der Waals surface area contributed by atoms with Crippen LogP contribution in [0.25, 0.3) is 0 Å². The van der Waals surface area contributed by atoms with E-state index in [1.807, 2.05) is 32.8 Å². The van der Waals surface area contributed by atoms with Crippen LogP contribution < -0.4 is 5.32 Å². The number of cyclic esters (lactones) is 1. The van der Waals surface area contributed by atoms with Crippen molar-refractivity contribution in [1.82, 2.24) is 10.2 Å². The third-order valence-electron chi connectivity index (χ3n) is 8.97. The van der Waals surface area contributed by atoms with Gasteiger partial charge in [-0.1, -0.05) is 20.8 Å². The molecule has 0 amide bonds. The standard InChI is InChI=1S/C29H56N2O9/c1-11-21-29(8,37)24(34)19(6)30-14-15(2)13-28(7,36)25(17(4)22(32)18(5)26(35)39-21)40-27-23(33)20(31(9)10)12-16(3)38-27/h15-25,27,30,32-34,36-37H,11-14H2,1-10H3/t15?,16?,17?,18?,19?,20?,21?,22?,23?,24?,25?,27-,28?,29?/m0/s1. The fourth-order valence-corrected chi connectivity index (χ4v) is 6.36. The molecule has 236 valence electrons. The predicted molar refractivity (Wildman–Crippen MR) is 150 cm³/mol. The molecule has 0 radical (unpaired) electrons. The number of aliphatic hydroxyl groups is 5. The number of ether oxygens (including phenoxy) is 3. The largest absolute Gasteiger partial charge is 0.459 e. The lowest BCUT2D eigenvalue weighted by Gasteiger charge is -2.46. The minimum Gasteiger partial charge on any atom is -0.459 e. The molecule has 2 aliphatic rings. The van der Waals surface area contributed by atoms with Crippen molar-refractivity contribution >= 4 is 5.97 Å². The second kappa shape index (κ2) is 14.1. The number of nitrogens with one attached hydrogen (secondary N) is 1. The molecule has 0 aliphatic carbocycles. The Bertz CT molecular complexity index is 810. The number of hydrogen-bond donors (Lipinski definition) is 6. The van der Waals surface area contributed by atoms with Crippen LogP contribution in [0.4, 0.5) is 0 Å². The molecule has 6 N–H and O–H groups in total. The van der Waals surface area contributed by atoms with Crippen molar-refractivity contribution in [3.8, 4) is 0 Å². The van der Waals surface area contributed by atoms with Gasteiger partial charge in [0.15, 0.2) is 6.29 Å². The van der Waals surface area contributed by atoms with Crippen molar-refractivity contribution in [2.75, 3.05) is 20.6 Å². The van der Waals surface area contributed by atoms with Gasteiger partial charge in [0.2, 0.25) is 0 Å². The Morgan fingerprint density at radius 3 is 2.20 bits per heavy atom. The van der Waals surface area contributed by atoms with Gasteiger partial charge >= 0.3 is 5.97 Å². The second-order valence-corrected chi connectivity index (χ2v) is 13.1. The Hall–Kier alpha value is -0.890. The molecule has 2 fully saturated rings. The molecule has 11 heteroatoms. The van der Waals surface area contributed by atoms with Gasteiger partial charge in [-0.25, -0.2) is 0 Å². The van der Waals surface area contributed by atoms with Gasteiger partial charge in [0.1, 0.15) is 23.9 Å². The van der Waals surface area contributed by atoms with E-state index in [0.29, 0.717) is 13.0 Å². The van der Waals surface area contributed by atoms with Gasteiger partial charge in [-0.05, 0) is 80.4 Å². The molecule has 14 atom stereocenters. The van der Waals surface area contributed by atoms with Gasteiger partial charge < -0.3 is 50.0 Å². The van der Waals surface area contributed by atoms with Crippen LogP contribution in [0.15, 0.2) is 0 Å². The van der Waals surface area contributed by atoms with Crippen LogP contribution in [-0.4, -0.2) is 123 Å². The van der Waals surface area contributed by atoms with Crippen molar-refractivity contribution in [1.29, 1.82) is 0 Å². The highest BCUT2D eigenvalue weighted by Crippen LogP contribution is 2.36. The first-order valence-electron chi connectivity index (χ1n) is 14.7. The molecule has 13 unspecified atom stereocenters. The van der Waals surface area contributed by atoms with Gasteiger partial charge in [-0.3, -0.25) is 4.79 Å². The molecular formula is C29H56N2O9. The van der Waals surface area contributed by atoms with Crippen LogP contribution in [0, 0.1) is 17.8 Å². The van der Waals surface area contributed by atoms with Gasteiger partial charge in [-0.2, -0.15) is 0 Å².